The van der Waals surface area contributed by atoms with Crippen LogP contribution in [0.1, 0.15) is 17.3 Å². The fraction of sp³-hybridized carbons (Fsp3) is 0.429. The van der Waals surface area contributed by atoms with Gasteiger partial charge in [-0.3, -0.25) is 9.59 Å². The van der Waals surface area contributed by atoms with E-state index in [0.29, 0.717) is 30.0 Å². The van der Waals surface area contributed by atoms with Crippen molar-refractivity contribution in [3.8, 4) is 11.5 Å². The molecule has 110 valence electrons. The Hall–Kier alpha value is -2.08. The van der Waals surface area contributed by atoms with Gasteiger partial charge in [0, 0.05) is 18.7 Å². The van der Waals surface area contributed by atoms with Crippen LogP contribution < -0.4 is 14.8 Å². The number of hydrogen-bond donors (Lipinski definition) is 1. The fourth-order valence-corrected chi connectivity index (χ4v) is 1.63. The third-order valence-corrected chi connectivity index (χ3v) is 2.51. The van der Waals surface area contributed by atoms with E-state index in [1.807, 2.05) is 6.92 Å². The average Bonchev–Trinajstić information content (AvgIpc) is 2.44. The van der Waals surface area contributed by atoms with Gasteiger partial charge in [0.2, 0.25) is 0 Å². The maximum atomic E-state index is 11.7. The van der Waals surface area contributed by atoms with E-state index in [4.69, 9.17) is 14.2 Å². The number of carbonyl (C=O) groups is 2. The highest BCUT2D eigenvalue weighted by Crippen LogP contribution is 2.27. The normalized spacial score (nSPS) is 11.6. The Labute approximate surface area is 118 Å². The van der Waals surface area contributed by atoms with Crippen LogP contribution >= 0.6 is 0 Å². The van der Waals surface area contributed by atoms with E-state index in [-0.39, 0.29) is 18.6 Å². The lowest BCUT2D eigenvalue weighted by Crippen LogP contribution is -2.38. The van der Waals surface area contributed by atoms with Crippen molar-refractivity contribution < 1.29 is 23.8 Å². The molecule has 0 aliphatic heterocycles. The first-order valence-electron chi connectivity index (χ1n) is 6.15. The second-order valence-electron chi connectivity index (χ2n) is 4.24. The monoisotopic (exact) mass is 281 g/mol. The van der Waals surface area contributed by atoms with Crippen LogP contribution in [0.2, 0.25) is 0 Å². The lowest BCUT2D eigenvalue weighted by Gasteiger charge is -2.14. The summed E-state index contributed by atoms with van der Waals surface area (Å²) in [5, 5.41) is 2.72. The molecule has 0 saturated carbocycles. The van der Waals surface area contributed by atoms with Gasteiger partial charge in [-0.2, -0.15) is 0 Å². The summed E-state index contributed by atoms with van der Waals surface area (Å²) in [6, 6.07) is 4.65. The minimum Gasteiger partial charge on any atom is -0.493 e. The first-order chi connectivity index (χ1) is 9.60. The Morgan fingerprint density at radius 3 is 2.70 bits per heavy atom. The summed E-state index contributed by atoms with van der Waals surface area (Å²) in [5.74, 6) is 0.549. The third kappa shape index (κ3) is 4.89. The smallest absolute Gasteiger partial charge is 0.258 e. The molecular weight excluding hydrogens is 262 g/mol. The number of hydrogen-bond acceptors (Lipinski definition) is 5. The molecule has 0 saturated heterocycles. The van der Waals surface area contributed by atoms with Crippen molar-refractivity contribution in [1.82, 2.24) is 5.32 Å². The van der Waals surface area contributed by atoms with Crippen LogP contribution in [-0.4, -0.2) is 45.7 Å². The van der Waals surface area contributed by atoms with Crippen LogP contribution in [-0.2, 0) is 9.53 Å². The number of methoxy groups -OCH3 is 2. The minimum absolute atomic E-state index is 0.0979. The molecule has 0 heterocycles. The van der Waals surface area contributed by atoms with Gasteiger partial charge < -0.3 is 19.5 Å². The molecule has 1 aromatic rings. The topological polar surface area (TPSA) is 73.9 Å². The van der Waals surface area contributed by atoms with Crippen LogP contribution in [0.5, 0.6) is 11.5 Å². The number of ether oxygens (including phenoxy) is 3. The zero-order valence-corrected chi connectivity index (χ0v) is 11.8. The van der Waals surface area contributed by atoms with E-state index < -0.39 is 0 Å². The van der Waals surface area contributed by atoms with Gasteiger partial charge in [0.05, 0.1) is 13.7 Å². The molecule has 1 aromatic carbocycles. The van der Waals surface area contributed by atoms with E-state index in [1.54, 1.807) is 19.2 Å². The summed E-state index contributed by atoms with van der Waals surface area (Å²) in [6.07, 6.45) is 0.701. The molecular formula is C14H19NO5. The number of rotatable bonds is 8. The van der Waals surface area contributed by atoms with E-state index in [0.717, 1.165) is 0 Å². The number of amides is 1. The predicted octanol–water partition coefficient (Wildman–Crippen LogP) is 1.04. The highest BCUT2D eigenvalue weighted by atomic mass is 16.5. The molecule has 1 atom stereocenters. The number of carbonyl (C=O) groups excluding carboxylic acids is 2. The molecule has 0 spiro atoms. The van der Waals surface area contributed by atoms with E-state index in [1.165, 1.54) is 13.2 Å². The van der Waals surface area contributed by atoms with Crippen LogP contribution in [0, 0.1) is 0 Å². The zero-order valence-electron chi connectivity index (χ0n) is 11.8. The van der Waals surface area contributed by atoms with Crippen LogP contribution in [0.4, 0.5) is 0 Å². The summed E-state index contributed by atoms with van der Waals surface area (Å²) < 4.78 is 15.4. The van der Waals surface area contributed by atoms with Crippen molar-refractivity contribution in [3.63, 3.8) is 0 Å². The summed E-state index contributed by atoms with van der Waals surface area (Å²) in [7, 11) is 3.05. The Morgan fingerprint density at radius 1 is 1.35 bits per heavy atom. The van der Waals surface area contributed by atoms with Gasteiger partial charge in [-0.25, -0.2) is 0 Å². The highest BCUT2D eigenvalue weighted by molar-refractivity contribution is 5.78. The van der Waals surface area contributed by atoms with Crippen molar-refractivity contribution in [1.29, 1.82) is 0 Å². The van der Waals surface area contributed by atoms with Gasteiger partial charge in [0.25, 0.3) is 5.91 Å². The van der Waals surface area contributed by atoms with Gasteiger partial charge in [0.15, 0.2) is 18.1 Å². The molecule has 0 radical (unpaired) electrons. The Kier molecular flexibility index (Phi) is 6.52. The Bertz CT molecular complexity index is 461. The van der Waals surface area contributed by atoms with Crippen LogP contribution in [0.25, 0.3) is 0 Å². The van der Waals surface area contributed by atoms with Gasteiger partial charge in [-0.15, -0.1) is 0 Å². The maximum absolute atomic E-state index is 11.7. The Balaban J connectivity index is 2.60. The number of aldehydes is 1. The van der Waals surface area contributed by atoms with Crippen LogP contribution in [0.3, 0.4) is 0 Å². The third-order valence-electron chi connectivity index (χ3n) is 2.51. The van der Waals surface area contributed by atoms with E-state index in [9.17, 15) is 9.59 Å². The standard InChI is InChI=1S/C14H19NO5/c1-10(8-18-2)15-14(17)9-20-13-6-11(7-16)4-5-12(13)19-3/h4-7,10H,8-9H2,1-3H3,(H,15,17). The summed E-state index contributed by atoms with van der Waals surface area (Å²) in [6.45, 7) is 2.09. The van der Waals surface area contributed by atoms with E-state index >= 15 is 0 Å². The van der Waals surface area contributed by atoms with Crippen molar-refractivity contribution in [2.75, 3.05) is 27.4 Å². The second kappa shape index (κ2) is 8.16. The van der Waals surface area contributed by atoms with Crippen molar-refractivity contribution in [2.45, 2.75) is 13.0 Å². The largest absolute Gasteiger partial charge is 0.493 e. The molecule has 0 aliphatic rings. The first kappa shape index (κ1) is 16.0. The molecule has 0 bridgehead atoms. The average molecular weight is 281 g/mol. The molecule has 0 aliphatic carbocycles. The minimum atomic E-state index is -0.270. The molecule has 1 N–H and O–H groups in total. The predicted molar refractivity (Wildman–Crippen MR) is 73.4 cm³/mol. The Morgan fingerprint density at radius 2 is 2.10 bits per heavy atom. The van der Waals surface area contributed by atoms with Gasteiger partial charge in [-0.05, 0) is 25.1 Å². The maximum Gasteiger partial charge on any atom is 0.258 e. The van der Waals surface area contributed by atoms with Gasteiger partial charge in [-0.1, -0.05) is 0 Å². The lowest BCUT2D eigenvalue weighted by molar-refractivity contribution is -0.124. The fourth-order valence-electron chi connectivity index (χ4n) is 1.63. The number of nitrogens with one attached hydrogen (secondary N) is 1. The van der Waals surface area contributed by atoms with Crippen molar-refractivity contribution in [3.05, 3.63) is 23.8 Å². The zero-order chi connectivity index (χ0) is 15.0. The summed E-state index contributed by atoms with van der Waals surface area (Å²) in [4.78, 5) is 22.4. The SMILES string of the molecule is COCC(C)NC(=O)COc1cc(C=O)ccc1OC. The molecule has 6 nitrogen and oxygen atoms in total. The van der Waals surface area contributed by atoms with E-state index in [2.05, 4.69) is 5.32 Å². The quantitative estimate of drug-likeness (QED) is 0.721. The molecule has 1 amide bonds. The molecule has 1 unspecified atom stereocenters. The summed E-state index contributed by atoms with van der Waals surface area (Å²) in [5.41, 5.74) is 0.453. The number of benzene rings is 1. The molecule has 0 fully saturated rings. The van der Waals surface area contributed by atoms with Gasteiger partial charge >= 0.3 is 0 Å². The second-order valence-corrected chi connectivity index (χ2v) is 4.24. The molecule has 1 rings (SSSR count). The molecule has 0 aromatic heterocycles. The molecule has 6 heteroatoms. The van der Waals surface area contributed by atoms with Crippen LogP contribution in [0.15, 0.2) is 18.2 Å². The van der Waals surface area contributed by atoms with Crippen molar-refractivity contribution >= 4 is 12.2 Å². The highest BCUT2D eigenvalue weighted by Gasteiger charge is 2.10. The summed E-state index contributed by atoms with van der Waals surface area (Å²) >= 11 is 0. The lowest BCUT2D eigenvalue weighted by atomic mass is 10.2. The van der Waals surface area contributed by atoms with Crippen molar-refractivity contribution in [2.24, 2.45) is 0 Å². The first-order valence-corrected chi connectivity index (χ1v) is 6.15. The van der Waals surface area contributed by atoms with Gasteiger partial charge in [0.1, 0.15) is 6.29 Å². The molecule has 20 heavy (non-hydrogen) atoms.